The molecule has 88 valence electrons. The van der Waals surface area contributed by atoms with Crippen LogP contribution in [0, 0.1) is 11.8 Å². The molecular weight excluding hydrogens is 218 g/mol. The van der Waals surface area contributed by atoms with Crippen LogP contribution in [0.1, 0.15) is 37.8 Å². The standard InChI is InChI=1S/C14H20ClN/c1-10-7-8-11(9-10)14(16-2)12-5-3-4-6-13(12)15/h3-6,10-11,14,16H,7-9H2,1-2H3. The lowest BCUT2D eigenvalue weighted by molar-refractivity contribution is 0.379. The molecule has 0 aliphatic heterocycles. The number of hydrogen-bond acceptors (Lipinski definition) is 1. The summed E-state index contributed by atoms with van der Waals surface area (Å²) >= 11 is 6.27. The van der Waals surface area contributed by atoms with E-state index >= 15 is 0 Å². The van der Waals surface area contributed by atoms with Crippen molar-refractivity contribution < 1.29 is 0 Å². The van der Waals surface area contributed by atoms with Gasteiger partial charge in [0.2, 0.25) is 0 Å². The molecule has 0 saturated heterocycles. The fourth-order valence-electron chi connectivity index (χ4n) is 2.93. The maximum atomic E-state index is 6.27. The Morgan fingerprint density at radius 2 is 2.06 bits per heavy atom. The van der Waals surface area contributed by atoms with Crippen LogP contribution in [0.4, 0.5) is 0 Å². The Kier molecular flexibility index (Phi) is 3.88. The van der Waals surface area contributed by atoms with Gasteiger partial charge in [0.05, 0.1) is 0 Å². The minimum absolute atomic E-state index is 0.415. The molecule has 1 aliphatic rings. The van der Waals surface area contributed by atoms with Gasteiger partial charge < -0.3 is 5.32 Å². The van der Waals surface area contributed by atoms with Crippen LogP contribution in [0.5, 0.6) is 0 Å². The zero-order chi connectivity index (χ0) is 11.5. The van der Waals surface area contributed by atoms with E-state index in [-0.39, 0.29) is 0 Å². The van der Waals surface area contributed by atoms with Crippen LogP contribution in [-0.2, 0) is 0 Å². The molecule has 1 aromatic rings. The van der Waals surface area contributed by atoms with E-state index < -0.39 is 0 Å². The summed E-state index contributed by atoms with van der Waals surface area (Å²) in [6.07, 6.45) is 3.99. The van der Waals surface area contributed by atoms with Crippen LogP contribution in [-0.4, -0.2) is 7.05 Å². The molecule has 1 aromatic carbocycles. The van der Waals surface area contributed by atoms with Crippen molar-refractivity contribution in [3.63, 3.8) is 0 Å². The van der Waals surface area contributed by atoms with E-state index in [2.05, 4.69) is 24.4 Å². The summed E-state index contributed by atoms with van der Waals surface area (Å²) in [5, 5.41) is 4.33. The van der Waals surface area contributed by atoms with Crippen LogP contribution in [0.3, 0.4) is 0 Å². The molecule has 0 spiro atoms. The van der Waals surface area contributed by atoms with Crippen LogP contribution < -0.4 is 5.32 Å². The van der Waals surface area contributed by atoms with Gasteiger partial charge in [-0.2, -0.15) is 0 Å². The van der Waals surface area contributed by atoms with E-state index in [9.17, 15) is 0 Å². The van der Waals surface area contributed by atoms with Crippen molar-refractivity contribution in [1.29, 1.82) is 0 Å². The van der Waals surface area contributed by atoms with Gasteiger partial charge in [-0.05, 0) is 43.4 Å². The number of hydrogen-bond donors (Lipinski definition) is 1. The van der Waals surface area contributed by atoms with Crippen molar-refractivity contribution in [2.24, 2.45) is 11.8 Å². The Hall–Kier alpha value is -0.530. The van der Waals surface area contributed by atoms with E-state index in [0.717, 1.165) is 16.9 Å². The fraction of sp³-hybridized carbons (Fsp3) is 0.571. The molecule has 1 nitrogen and oxygen atoms in total. The SMILES string of the molecule is CNC(c1ccccc1Cl)C1CCC(C)C1. The predicted molar refractivity (Wildman–Crippen MR) is 69.8 cm³/mol. The summed E-state index contributed by atoms with van der Waals surface area (Å²) in [5.41, 5.74) is 1.26. The highest BCUT2D eigenvalue weighted by atomic mass is 35.5. The summed E-state index contributed by atoms with van der Waals surface area (Å²) in [5.74, 6) is 1.60. The first-order chi connectivity index (χ1) is 7.72. The maximum absolute atomic E-state index is 6.27. The highest BCUT2D eigenvalue weighted by molar-refractivity contribution is 6.31. The lowest BCUT2D eigenvalue weighted by Crippen LogP contribution is -2.24. The van der Waals surface area contributed by atoms with Crippen LogP contribution >= 0.6 is 11.6 Å². The third-order valence-electron chi connectivity index (χ3n) is 3.76. The maximum Gasteiger partial charge on any atom is 0.0453 e. The summed E-state index contributed by atoms with van der Waals surface area (Å²) in [6, 6.07) is 8.62. The van der Waals surface area contributed by atoms with Gasteiger partial charge in [0.1, 0.15) is 0 Å². The Morgan fingerprint density at radius 1 is 1.31 bits per heavy atom. The Balaban J connectivity index is 2.19. The Labute approximate surface area is 103 Å². The van der Waals surface area contributed by atoms with E-state index in [1.54, 1.807) is 0 Å². The zero-order valence-electron chi connectivity index (χ0n) is 10.0. The van der Waals surface area contributed by atoms with Gasteiger partial charge in [0.25, 0.3) is 0 Å². The van der Waals surface area contributed by atoms with Crippen molar-refractivity contribution in [3.05, 3.63) is 34.9 Å². The van der Waals surface area contributed by atoms with E-state index in [0.29, 0.717) is 6.04 Å². The van der Waals surface area contributed by atoms with Gasteiger partial charge in [0.15, 0.2) is 0 Å². The topological polar surface area (TPSA) is 12.0 Å². The van der Waals surface area contributed by atoms with Crippen molar-refractivity contribution >= 4 is 11.6 Å². The molecule has 2 rings (SSSR count). The smallest absolute Gasteiger partial charge is 0.0453 e. The van der Waals surface area contributed by atoms with Crippen LogP contribution in [0.15, 0.2) is 24.3 Å². The normalized spacial score (nSPS) is 26.9. The molecule has 3 atom stereocenters. The average Bonchev–Trinajstić information content (AvgIpc) is 2.69. The van der Waals surface area contributed by atoms with Gasteiger partial charge in [-0.15, -0.1) is 0 Å². The minimum atomic E-state index is 0.415. The summed E-state index contributed by atoms with van der Waals surface area (Å²) < 4.78 is 0. The highest BCUT2D eigenvalue weighted by Gasteiger charge is 2.29. The van der Waals surface area contributed by atoms with Crippen molar-refractivity contribution in [1.82, 2.24) is 5.32 Å². The first kappa shape index (κ1) is 11.9. The third-order valence-corrected chi connectivity index (χ3v) is 4.10. The molecule has 1 N–H and O–H groups in total. The predicted octanol–water partition coefficient (Wildman–Crippen LogP) is 4.04. The second-order valence-corrected chi connectivity index (χ2v) is 5.37. The zero-order valence-corrected chi connectivity index (χ0v) is 10.8. The monoisotopic (exact) mass is 237 g/mol. The van der Waals surface area contributed by atoms with Crippen molar-refractivity contribution in [2.75, 3.05) is 7.05 Å². The molecule has 2 heteroatoms. The molecule has 0 amide bonds. The number of nitrogens with one attached hydrogen (secondary N) is 1. The lowest BCUT2D eigenvalue weighted by atomic mass is 9.91. The molecule has 0 heterocycles. The van der Waals surface area contributed by atoms with Gasteiger partial charge in [-0.25, -0.2) is 0 Å². The van der Waals surface area contributed by atoms with E-state index in [1.807, 2.05) is 19.2 Å². The fourth-order valence-corrected chi connectivity index (χ4v) is 3.18. The summed E-state index contributed by atoms with van der Waals surface area (Å²) in [7, 11) is 2.04. The molecule has 1 fully saturated rings. The molecule has 0 bridgehead atoms. The molecule has 0 radical (unpaired) electrons. The Bertz CT molecular complexity index is 350. The number of rotatable bonds is 3. The average molecular weight is 238 g/mol. The van der Waals surface area contributed by atoms with Crippen LogP contribution in [0.2, 0.25) is 5.02 Å². The number of benzene rings is 1. The largest absolute Gasteiger partial charge is 0.313 e. The van der Waals surface area contributed by atoms with Crippen molar-refractivity contribution in [3.8, 4) is 0 Å². The third kappa shape index (κ3) is 2.41. The molecular formula is C14H20ClN. The molecule has 0 aromatic heterocycles. The molecule has 16 heavy (non-hydrogen) atoms. The van der Waals surface area contributed by atoms with Crippen molar-refractivity contribution in [2.45, 2.75) is 32.2 Å². The molecule has 1 saturated carbocycles. The van der Waals surface area contributed by atoms with E-state index in [4.69, 9.17) is 11.6 Å². The second-order valence-electron chi connectivity index (χ2n) is 4.97. The van der Waals surface area contributed by atoms with Crippen LogP contribution in [0.25, 0.3) is 0 Å². The Morgan fingerprint density at radius 3 is 2.62 bits per heavy atom. The second kappa shape index (κ2) is 5.20. The lowest BCUT2D eigenvalue weighted by Gasteiger charge is -2.24. The minimum Gasteiger partial charge on any atom is -0.313 e. The summed E-state index contributed by atoms with van der Waals surface area (Å²) in [4.78, 5) is 0. The van der Waals surface area contributed by atoms with Gasteiger partial charge in [-0.1, -0.05) is 43.1 Å². The molecule has 3 unspecified atom stereocenters. The van der Waals surface area contributed by atoms with E-state index in [1.165, 1.54) is 24.8 Å². The first-order valence-corrected chi connectivity index (χ1v) is 6.52. The number of halogens is 1. The first-order valence-electron chi connectivity index (χ1n) is 6.14. The summed E-state index contributed by atoms with van der Waals surface area (Å²) in [6.45, 7) is 2.35. The highest BCUT2D eigenvalue weighted by Crippen LogP contribution is 2.40. The van der Waals surface area contributed by atoms with Gasteiger partial charge >= 0.3 is 0 Å². The van der Waals surface area contributed by atoms with Gasteiger partial charge in [0, 0.05) is 11.1 Å². The quantitative estimate of drug-likeness (QED) is 0.837. The molecule has 1 aliphatic carbocycles. The van der Waals surface area contributed by atoms with Gasteiger partial charge in [-0.3, -0.25) is 0 Å².